The van der Waals surface area contributed by atoms with E-state index >= 15 is 0 Å². The zero-order valence-corrected chi connectivity index (χ0v) is 12.6. The predicted octanol–water partition coefficient (Wildman–Crippen LogP) is 1.57. The van der Waals surface area contributed by atoms with E-state index in [1.54, 1.807) is 24.3 Å². The van der Waals surface area contributed by atoms with E-state index in [2.05, 4.69) is 15.4 Å². The van der Waals surface area contributed by atoms with Crippen molar-refractivity contribution in [1.82, 2.24) is 5.32 Å². The number of carbonyl (C=O) groups is 3. The molecular weight excluding hydrogens is 272 g/mol. The molecule has 0 aliphatic heterocycles. The van der Waals surface area contributed by atoms with E-state index in [-0.39, 0.29) is 11.8 Å². The van der Waals surface area contributed by atoms with Gasteiger partial charge in [-0.25, -0.2) is 4.79 Å². The van der Waals surface area contributed by atoms with Gasteiger partial charge in [0, 0.05) is 6.92 Å². The number of nitrogens with one attached hydrogen (secondary N) is 2. The Balaban J connectivity index is 2.98. The Hall–Kier alpha value is -2.37. The lowest BCUT2D eigenvalue weighted by molar-refractivity contribution is -0.144. The summed E-state index contributed by atoms with van der Waals surface area (Å²) >= 11 is 0. The minimum Gasteiger partial charge on any atom is -0.467 e. The number of hydrogen-bond donors (Lipinski definition) is 2. The molecule has 0 radical (unpaired) electrons. The molecule has 1 rings (SSSR count). The largest absolute Gasteiger partial charge is 0.467 e. The van der Waals surface area contributed by atoms with Crippen molar-refractivity contribution < 1.29 is 19.1 Å². The van der Waals surface area contributed by atoms with Gasteiger partial charge in [-0.1, -0.05) is 26.0 Å². The molecule has 114 valence electrons. The van der Waals surface area contributed by atoms with Crippen molar-refractivity contribution in [2.45, 2.75) is 26.8 Å². The summed E-state index contributed by atoms with van der Waals surface area (Å²) in [7, 11) is 1.27. The van der Waals surface area contributed by atoms with Crippen LogP contribution in [0.5, 0.6) is 0 Å². The molecule has 1 atom stereocenters. The van der Waals surface area contributed by atoms with Crippen molar-refractivity contribution in [2.75, 3.05) is 12.4 Å². The SMILES string of the molecule is COC(=O)[C@H](NC(=O)c1ccccc1NC(C)=O)C(C)C. The first-order valence-corrected chi connectivity index (χ1v) is 6.62. The molecule has 0 aliphatic carbocycles. The molecule has 6 heteroatoms. The Kier molecular flexibility index (Phi) is 5.90. The number of rotatable bonds is 5. The summed E-state index contributed by atoms with van der Waals surface area (Å²) in [5, 5.41) is 5.22. The fourth-order valence-corrected chi connectivity index (χ4v) is 1.82. The topological polar surface area (TPSA) is 84.5 Å². The summed E-state index contributed by atoms with van der Waals surface area (Å²) in [5.41, 5.74) is 0.692. The molecule has 2 N–H and O–H groups in total. The van der Waals surface area contributed by atoms with E-state index in [1.165, 1.54) is 14.0 Å². The summed E-state index contributed by atoms with van der Waals surface area (Å²) in [6.45, 7) is 4.98. The third-order valence-electron chi connectivity index (χ3n) is 2.89. The number of benzene rings is 1. The normalized spacial score (nSPS) is 11.7. The molecule has 2 amide bonds. The van der Waals surface area contributed by atoms with E-state index in [0.29, 0.717) is 11.3 Å². The summed E-state index contributed by atoms with van der Waals surface area (Å²) in [4.78, 5) is 35.1. The first-order valence-electron chi connectivity index (χ1n) is 6.62. The lowest BCUT2D eigenvalue weighted by Crippen LogP contribution is -2.45. The number of ether oxygens (including phenoxy) is 1. The molecule has 21 heavy (non-hydrogen) atoms. The van der Waals surface area contributed by atoms with Crippen molar-refractivity contribution in [2.24, 2.45) is 5.92 Å². The van der Waals surface area contributed by atoms with Gasteiger partial charge in [0.1, 0.15) is 6.04 Å². The molecule has 0 unspecified atom stereocenters. The molecule has 1 aromatic rings. The van der Waals surface area contributed by atoms with Crippen LogP contribution in [0, 0.1) is 5.92 Å². The highest BCUT2D eigenvalue weighted by Gasteiger charge is 2.26. The highest BCUT2D eigenvalue weighted by Crippen LogP contribution is 2.16. The Morgan fingerprint density at radius 2 is 1.76 bits per heavy atom. The van der Waals surface area contributed by atoms with Crippen LogP contribution in [0.2, 0.25) is 0 Å². The van der Waals surface area contributed by atoms with Crippen molar-refractivity contribution in [3.05, 3.63) is 29.8 Å². The predicted molar refractivity (Wildman–Crippen MR) is 78.9 cm³/mol. The van der Waals surface area contributed by atoms with Crippen molar-refractivity contribution in [1.29, 1.82) is 0 Å². The second-order valence-electron chi connectivity index (χ2n) is 4.95. The molecule has 0 aliphatic rings. The number of carbonyl (C=O) groups excluding carboxylic acids is 3. The van der Waals surface area contributed by atoms with Gasteiger partial charge in [-0.3, -0.25) is 9.59 Å². The van der Waals surface area contributed by atoms with E-state index in [9.17, 15) is 14.4 Å². The molecule has 1 aromatic carbocycles. The second-order valence-corrected chi connectivity index (χ2v) is 4.95. The van der Waals surface area contributed by atoms with Gasteiger partial charge in [0.25, 0.3) is 5.91 Å². The van der Waals surface area contributed by atoms with E-state index in [0.717, 1.165) is 0 Å². The quantitative estimate of drug-likeness (QED) is 0.807. The third kappa shape index (κ3) is 4.59. The zero-order chi connectivity index (χ0) is 16.0. The lowest BCUT2D eigenvalue weighted by atomic mass is 10.0. The molecule has 0 bridgehead atoms. The molecule has 0 fully saturated rings. The Labute approximate surface area is 123 Å². The van der Waals surface area contributed by atoms with Crippen LogP contribution < -0.4 is 10.6 Å². The first kappa shape index (κ1) is 16.7. The van der Waals surface area contributed by atoms with Crippen LogP contribution in [-0.4, -0.2) is 30.9 Å². The Morgan fingerprint density at radius 3 is 2.29 bits per heavy atom. The summed E-state index contributed by atoms with van der Waals surface area (Å²) in [6.07, 6.45) is 0. The van der Waals surface area contributed by atoms with Gasteiger partial charge in [-0.15, -0.1) is 0 Å². The van der Waals surface area contributed by atoms with Gasteiger partial charge in [0.15, 0.2) is 0 Å². The smallest absolute Gasteiger partial charge is 0.328 e. The standard InChI is InChI=1S/C15H20N2O4/c1-9(2)13(15(20)21-4)17-14(19)11-7-5-6-8-12(11)16-10(3)18/h5-9,13H,1-4H3,(H,16,18)(H,17,19)/t13-/m1/s1. The highest BCUT2D eigenvalue weighted by atomic mass is 16.5. The number of methoxy groups -OCH3 is 1. The molecule has 6 nitrogen and oxygen atoms in total. The maximum atomic E-state index is 12.3. The van der Waals surface area contributed by atoms with Crippen LogP contribution in [0.1, 0.15) is 31.1 Å². The highest BCUT2D eigenvalue weighted by molar-refractivity contribution is 6.04. The molecule has 0 saturated heterocycles. The van der Waals surface area contributed by atoms with Gasteiger partial charge in [0.05, 0.1) is 18.4 Å². The minimum atomic E-state index is -0.743. The van der Waals surface area contributed by atoms with Crippen LogP contribution in [-0.2, 0) is 14.3 Å². The van der Waals surface area contributed by atoms with Gasteiger partial charge in [-0.2, -0.15) is 0 Å². The maximum Gasteiger partial charge on any atom is 0.328 e. The van der Waals surface area contributed by atoms with Gasteiger partial charge < -0.3 is 15.4 Å². The van der Waals surface area contributed by atoms with Gasteiger partial charge in [-0.05, 0) is 18.1 Å². The van der Waals surface area contributed by atoms with Gasteiger partial charge >= 0.3 is 5.97 Å². The maximum absolute atomic E-state index is 12.3. The second kappa shape index (κ2) is 7.42. The van der Waals surface area contributed by atoms with Crippen LogP contribution in [0.3, 0.4) is 0 Å². The van der Waals surface area contributed by atoms with Crippen LogP contribution >= 0.6 is 0 Å². The van der Waals surface area contributed by atoms with Gasteiger partial charge in [0.2, 0.25) is 5.91 Å². The van der Waals surface area contributed by atoms with Crippen LogP contribution in [0.4, 0.5) is 5.69 Å². The number of amides is 2. The Bertz CT molecular complexity index is 540. The fourth-order valence-electron chi connectivity index (χ4n) is 1.82. The number of para-hydroxylation sites is 1. The number of anilines is 1. The summed E-state index contributed by atoms with van der Waals surface area (Å²) in [5.74, 6) is -1.34. The minimum absolute atomic E-state index is 0.116. The average molecular weight is 292 g/mol. The molecule has 0 spiro atoms. The third-order valence-corrected chi connectivity index (χ3v) is 2.89. The first-order chi connectivity index (χ1) is 9.86. The molecule has 0 aromatic heterocycles. The van der Waals surface area contributed by atoms with Crippen molar-refractivity contribution in [3.63, 3.8) is 0 Å². The Morgan fingerprint density at radius 1 is 1.14 bits per heavy atom. The fraction of sp³-hybridized carbons (Fsp3) is 0.400. The molecule has 0 saturated carbocycles. The molecular formula is C15H20N2O4. The van der Waals surface area contributed by atoms with Crippen LogP contribution in [0.25, 0.3) is 0 Å². The number of esters is 1. The average Bonchev–Trinajstić information content (AvgIpc) is 2.43. The lowest BCUT2D eigenvalue weighted by Gasteiger charge is -2.20. The van der Waals surface area contributed by atoms with E-state index < -0.39 is 17.9 Å². The summed E-state index contributed by atoms with van der Waals surface area (Å²) in [6, 6.07) is 5.85. The van der Waals surface area contributed by atoms with Crippen molar-refractivity contribution in [3.8, 4) is 0 Å². The number of hydrogen-bond acceptors (Lipinski definition) is 4. The van der Waals surface area contributed by atoms with Crippen LogP contribution in [0.15, 0.2) is 24.3 Å². The summed E-state index contributed by atoms with van der Waals surface area (Å²) < 4.78 is 4.68. The monoisotopic (exact) mass is 292 g/mol. The van der Waals surface area contributed by atoms with Crippen molar-refractivity contribution >= 4 is 23.5 Å². The van der Waals surface area contributed by atoms with E-state index in [1.807, 2.05) is 13.8 Å². The molecule has 0 heterocycles. The van der Waals surface area contributed by atoms with E-state index in [4.69, 9.17) is 0 Å². The zero-order valence-electron chi connectivity index (χ0n) is 12.6.